The molecule has 18 heavy (non-hydrogen) atoms. The fraction of sp³-hybridized carbons (Fsp3) is 0.417. The third-order valence-electron chi connectivity index (χ3n) is 2.31. The second kappa shape index (κ2) is 6.26. The van der Waals surface area contributed by atoms with Crippen LogP contribution in [0.25, 0.3) is 0 Å². The molecule has 0 spiro atoms. The number of benzene rings is 1. The molecule has 1 N–H and O–H groups in total. The predicted molar refractivity (Wildman–Crippen MR) is 60.1 cm³/mol. The molecule has 98 valence electrons. The topological polar surface area (TPSA) is 45.0 Å². The standard InChI is InChI=1S/C12H13F3N2O/c1-18-11-3-2-9(7-16)6-10(11)8-17-5-4-12(13,14)15/h2-3,6,17H,4-5,8H2,1H3. The number of methoxy groups -OCH3 is 1. The molecule has 0 aliphatic heterocycles. The average Bonchev–Trinajstić information content (AvgIpc) is 2.33. The van der Waals surface area contributed by atoms with Crippen molar-refractivity contribution in [2.24, 2.45) is 0 Å². The van der Waals surface area contributed by atoms with Crippen LogP contribution in [0.2, 0.25) is 0 Å². The number of hydrogen-bond acceptors (Lipinski definition) is 3. The minimum absolute atomic E-state index is 0.163. The van der Waals surface area contributed by atoms with Gasteiger partial charge < -0.3 is 10.1 Å². The number of nitrogens with one attached hydrogen (secondary N) is 1. The Kier molecular flexibility index (Phi) is 4.98. The first kappa shape index (κ1) is 14.3. The minimum Gasteiger partial charge on any atom is -0.496 e. The molecule has 0 bridgehead atoms. The summed E-state index contributed by atoms with van der Waals surface area (Å²) >= 11 is 0. The van der Waals surface area contributed by atoms with E-state index in [1.165, 1.54) is 7.11 Å². The van der Waals surface area contributed by atoms with Crippen molar-refractivity contribution in [3.8, 4) is 11.8 Å². The van der Waals surface area contributed by atoms with Crippen LogP contribution in [0.4, 0.5) is 13.2 Å². The Balaban J connectivity index is 2.58. The van der Waals surface area contributed by atoms with E-state index in [4.69, 9.17) is 10.00 Å². The maximum atomic E-state index is 11.9. The molecule has 0 fully saturated rings. The summed E-state index contributed by atoms with van der Waals surface area (Å²) in [5.74, 6) is 0.550. The molecule has 0 aromatic heterocycles. The largest absolute Gasteiger partial charge is 0.496 e. The van der Waals surface area contributed by atoms with Gasteiger partial charge in [-0.25, -0.2) is 0 Å². The van der Waals surface area contributed by atoms with Gasteiger partial charge in [-0.05, 0) is 18.2 Å². The molecule has 6 heteroatoms. The molecule has 0 radical (unpaired) electrons. The Morgan fingerprint density at radius 3 is 2.67 bits per heavy atom. The number of halogens is 3. The zero-order valence-corrected chi connectivity index (χ0v) is 9.84. The van der Waals surface area contributed by atoms with E-state index in [1.807, 2.05) is 6.07 Å². The summed E-state index contributed by atoms with van der Waals surface area (Å²) in [5, 5.41) is 11.4. The van der Waals surface area contributed by atoms with Gasteiger partial charge in [0.15, 0.2) is 0 Å². The van der Waals surface area contributed by atoms with Gasteiger partial charge >= 0.3 is 6.18 Å². The molecule has 1 aromatic carbocycles. The summed E-state index contributed by atoms with van der Waals surface area (Å²) in [5.41, 5.74) is 1.11. The molecular weight excluding hydrogens is 245 g/mol. The van der Waals surface area contributed by atoms with Gasteiger partial charge in [-0.1, -0.05) is 0 Å². The molecule has 1 rings (SSSR count). The van der Waals surface area contributed by atoms with Gasteiger partial charge in [-0.3, -0.25) is 0 Å². The lowest BCUT2D eigenvalue weighted by atomic mass is 10.1. The van der Waals surface area contributed by atoms with Crippen molar-refractivity contribution in [1.29, 1.82) is 5.26 Å². The highest BCUT2D eigenvalue weighted by atomic mass is 19.4. The first-order valence-electron chi connectivity index (χ1n) is 5.31. The van der Waals surface area contributed by atoms with Crippen LogP contribution in [0.1, 0.15) is 17.5 Å². The molecule has 0 aliphatic carbocycles. The number of hydrogen-bond donors (Lipinski definition) is 1. The van der Waals surface area contributed by atoms with Crippen LogP contribution in [-0.2, 0) is 6.54 Å². The van der Waals surface area contributed by atoms with Gasteiger partial charge in [0.05, 0.1) is 25.2 Å². The van der Waals surface area contributed by atoms with E-state index in [1.54, 1.807) is 18.2 Å². The van der Waals surface area contributed by atoms with Crippen LogP contribution in [0, 0.1) is 11.3 Å². The third kappa shape index (κ3) is 4.63. The van der Waals surface area contributed by atoms with E-state index in [0.29, 0.717) is 16.9 Å². The van der Waals surface area contributed by atoms with Gasteiger partial charge in [0.2, 0.25) is 0 Å². The SMILES string of the molecule is COc1ccc(C#N)cc1CNCCC(F)(F)F. The molecule has 0 unspecified atom stereocenters. The first-order valence-corrected chi connectivity index (χ1v) is 5.31. The number of ether oxygens (including phenoxy) is 1. The highest BCUT2D eigenvalue weighted by Gasteiger charge is 2.25. The predicted octanol–water partition coefficient (Wildman–Crippen LogP) is 2.61. The third-order valence-corrected chi connectivity index (χ3v) is 2.31. The van der Waals surface area contributed by atoms with Gasteiger partial charge in [0.25, 0.3) is 0 Å². The van der Waals surface area contributed by atoms with Crippen molar-refractivity contribution in [2.45, 2.75) is 19.1 Å². The molecule has 0 amide bonds. The Morgan fingerprint density at radius 2 is 2.11 bits per heavy atom. The zero-order valence-electron chi connectivity index (χ0n) is 9.84. The maximum absolute atomic E-state index is 11.9. The van der Waals surface area contributed by atoms with Gasteiger partial charge in [-0.15, -0.1) is 0 Å². The van der Waals surface area contributed by atoms with E-state index in [2.05, 4.69) is 5.32 Å². The molecule has 0 saturated heterocycles. The molecular formula is C12H13F3N2O. The lowest BCUT2D eigenvalue weighted by Crippen LogP contribution is -2.21. The van der Waals surface area contributed by atoms with Crippen molar-refractivity contribution in [3.05, 3.63) is 29.3 Å². The summed E-state index contributed by atoms with van der Waals surface area (Å²) in [6, 6.07) is 6.79. The maximum Gasteiger partial charge on any atom is 0.390 e. The summed E-state index contributed by atoms with van der Waals surface area (Å²) in [4.78, 5) is 0. The van der Waals surface area contributed by atoms with Crippen LogP contribution < -0.4 is 10.1 Å². The van der Waals surface area contributed by atoms with Crippen molar-refractivity contribution in [2.75, 3.05) is 13.7 Å². The van der Waals surface area contributed by atoms with Crippen LogP contribution in [0.15, 0.2) is 18.2 Å². The molecule has 0 heterocycles. The second-order valence-corrected chi connectivity index (χ2v) is 3.68. The van der Waals surface area contributed by atoms with Crippen LogP contribution in [0.3, 0.4) is 0 Å². The first-order chi connectivity index (χ1) is 8.46. The summed E-state index contributed by atoms with van der Waals surface area (Å²) < 4.78 is 40.9. The average molecular weight is 258 g/mol. The fourth-order valence-electron chi connectivity index (χ4n) is 1.44. The highest BCUT2D eigenvalue weighted by molar-refractivity contribution is 5.41. The summed E-state index contributed by atoms with van der Waals surface area (Å²) in [7, 11) is 1.47. The number of nitrogens with zero attached hydrogens (tertiary/aromatic N) is 1. The van der Waals surface area contributed by atoms with Crippen LogP contribution >= 0.6 is 0 Å². The van der Waals surface area contributed by atoms with Crippen molar-refractivity contribution >= 4 is 0 Å². The van der Waals surface area contributed by atoms with Crippen molar-refractivity contribution in [1.82, 2.24) is 5.32 Å². The Bertz CT molecular complexity index is 438. The summed E-state index contributed by atoms with van der Waals surface area (Å²) in [6.07, 6.45) is -5.04. The van der Waals surface area contributed by atoms with Gasteiger partial charge in [0.1, 0.15) is 5.75 Å². The normalized spacial score (nSPS) is 11.1. The second-order valence-electron chi connectivity index (χ2n) is 3.68. The van der Waals surface area contributed by atoms with E-state index in [0.717, 1.165) is 0 Å². The molecule has 3 nitrogen and oxygen atoms in total. The zero-order chi connectivity index (χ0) is 13.6. The van der Waals surface area contributed by atoms with Crippen molar-refractivity contribution < 1.29 is 17.9 Å². The fourth-order valence-corrected chi connectivity index (χ4v) is 1.44. The monoisotopic (exact) mass is 258 g/mol. The van der Waals surface area contributed by atoms with E-state index in [-0.39, 0.29) is 13.1 Å². The Hall–Kier alpha value is -1.74. The van der Waals surface area contributed by atoms with E-state index < -0.39 is 12.6 Å². The quantitative estimate of drug-likeness (QED) is 0.826. The highest BCUT2D eigenvalue weighted by Crippen LogP contribution is 2.20. The smallest absolute Gasteiger partial charge is 0.390 e. The Morgan fingerprint density at radius 1 is 1.39 bits per heavy atom. The number of alkyl halides is 3. The minimum atomic E-state index is -4.16. The number of rotatable bonds is 5. The van der Waals surface area contributed by atoms with E-state index >= 15 is 0 Å². The number of nitriles is 1. The van der Waals surface area contributed by atoms with Gasteiger partial charge in [0, 0.05) is 18.7 Å². The molecule has 0 saturated carbocycles. The lowest BCUT2D eigenvalue weighted by Gasteiger charge is -2.11. The van der Waals surface area contributed by atoms with Crippen LogP contribution in [-0.4, -0.2) is 19.8 Å². The van der Waals surface area contributed by atoms with Crippen LogP contribution in [0.5, 0.6) is 5.75 Å². The van der Waals surface area contributed by atoms with Crippen molar-refractivity contribution in [3.63, 3.8) is 0 Å². The molecule has 0 aliphatic rings. The van der Waals surface area contributed by atoms with E-state index in [9.17, 15) is 13.2 Å². The summed E-state index contributed by atoms with van der Waals surface area (Å²) in [6.45, 7) is 0.0677. The Labute approximate surface area is 103 Å². The molecule has 1 aromatic rings. The molecule has 0 atom stereocenters. The van der Waals surface area contributed by atoms with Gasteiger partial charge in [-0.2, -0.15) is 18.4 Å². The lowest BCUT2D eigenvalue weighted by molar-refractivity contribution is -0.133.